The van der Waals surface area contributed by atoms with Gasteiger partial charge in [-0.15, -0.1) is 6.58 Å². The number of aliphatic imine (C=N–C) groups is 1. The van der Waals surface area contributed by atoms with Crippen LogP contribution in [-0.4, -0.2) is 17.7 Å². The summed E-state index contributed by atoms with van der Waals surface area (Å²) in [6.45, 7) is 9.64. The number of nitrogens with zero attached hydrogens (tertiary/aromatic N) is 1. The van der Waals surface area contributed by atoms with Crippen LogP contribution in [0.4, 0.5) is 0 Å². The molecule has 3 nitrogen and oxygen atoms in total. The Bertz CT molecular complexity index is 233. The molecule has 0 saturated carbocycles. The van der Waals surface area contributed by atoms with Gasteiger partial charge in [0, 0.05) is 5.92 Å². The number of hydrogen-bond acceptors (Lipinski definition) is 2. The van der Waals surface area contributed by atoms with Gasteiger partial charge in [-0.25, -0.2) is 0 Å². The Morgan fingerprint density at radius 3 is 2.36 bits per heavy atom. The third-order valence-electron chi connectivity index (χ3n) is 2.33. The first-order chi connectivity index (χ1) is 6.56. The molecule has 14 heavy (non-hydrogen) atoms. The van der Waals surface area contributed by atoms with Crippen LogP contribution in [-0.2, 0) is 4.79 Å². The highest BCUT2D eigenvalue weighted by atomic mass is 16.1. The van der Waals surface area contributed by atoms with E-state index in [0.29, 0.717) is 5.71 Å². The molecule has 0 bridgehead atoms. The minimum atomic E-state index is -0.417. The van der Waals surface area contributed by atoms with Crippen LogP contribution in [0.2, 0.25) is 0 Å². The highest BCUT2D eigenvalue weighted by molar-refractivity contribution is 6.39. The SMILES string of the molecule is C=CC(CC)N=C(C(N)=O)C(C)CC. The predicted octanol–water partition coefficient (Wildman–Crippen LogP) is 1.92. The number of hydrogen-bond donors (Lipinski definition) is 1. The smallest absolute Gasteiger partial charge is 0.262 e. The molecule has 0 rings (SSSR count). The summed E-state index contributed by atoms with van der Waals surface area (Å²) in [6, 6.07) is 0.00602. The van der Waals surface area contributed by atoms with Crippen LogP contribution < -0.4 is 5.73 Å². The second-order valence-electron chi connectivity index (χ2n) is 3.40. The van der Waals surface area contributed by atoms with Crippen molar-refractivity contribution in [2.45, 2.75) is 39.7 Å². The zero-order valence-corrected chi connectivity index (χ0v) is 9.29. The molecular formula is C11H20N2O. The Morgan fingerprint density at radius 1 is 1.50 bits per heavy atom. The van der Waals surface area contributed by atoms with Crippen LogP contribution in [0, 0.1) is 5.92 Å². The molecule has 0 fully saturated rings. The molecule has 0 aromatic carbocycles. The second-order valence-corrected chi connectivity index (χ2v) is 3.40. The maximum Gasteiger partial charge on any atom is 0.262 e. The highest BCUT2D eigenvalue weighted by Crippen LogP contribution is 2.08. The van der Waals surface area contributed by atoms with Crippen molar-refractivity contribution >= 4 is 11.6 Å². The highest BCUT2D eigenvalue weighted by Gasteiger charge is 2.15. The lowest BCUT2D eigenvalue weighted by Gasteiger charge is -2.12. The number of carbonyl (C=O) groups is 1. The Morgan fingerprint density at radius 2 is 2.07 bits per heavy atom. The zero-order valence-electron chi connectivity index (χ0n) is 9.29. The molecule has 0 heterocycles. The summed E-state index contributed by atoms with van der Waals surface area (Å²) < 4.78 is 0. The maximum atomic E-state index is 11.1. The molecule has 80 valence electrons. The Kier molecular flexibility index (Phi) is 5.84. The first-order valence-electron chi connectivity index (χ1n) is 5.06. The average Bonchev–Trinajstić information content (AvgIpc) is 2.18. The van der Waals surface area contributed by atoms with Gasteiger partial charge in [0.15, 0.2) is 0 Å². The second kappa shape index (κ2) is 6.35. The van der Waals surface area contributed by atoms with Crippen molar-refractivity contribution in [1.82, 2.24) is 0 Å². The van der Waals surface area contributed by atoms with Gasteiger partial charge in [-0.1, -0.05) is 26.8 Å². The molecule has 0 aliphatic heterocycles. The zero-order chi connectivity index (χ0) is 11.1. The van der Waals surface area contributed by atoms with Gasteiger partial charge in [0.25, 0.3) is 5.91 Å². The van der Waals surface area contributed by atoms with Gasteiger partial charge >= 0.3 is 0 Å². The van der Waals surface area contributed by atoms with E-state index in [1.165, 1.54) is 0 Å². The van der Waals surface area contributed by atoms with E-state index in [1.807, 2.05) is 20.8 Å². The molecule has 3 heteroatoms. The van der Waals surface area contributed by atoms with Crippen molar-refractivity contribution in [3.8, 4) is 0 Å². The quantitative estimate of drug-likeness (QED) is 0.512. The first-order valence-corrected chi connectivity index (χ1v) is 5.06. The van der Waals surface area contributed by atoms with Crippen LogP contribution in [0.15, 0.2) is 17.6 Å². The molecule has 0 saturated heterocycles. The molecule has 0 spiro atoms. The van der Waals surface area contributed by atoms with Gasteiger partial charge in [0.05, 0.1) is 6.04 Å². The van der Waals surface area contributed by atoms with Crippen LogP contribution in [0.3, 0.4) is 0 Å². The molecule has 1 amide bonds. The van der Waals surface area contributed by atoms with Crippen molar-refractivity contribution in [1.29, 1.82) is 0 Å². The lowest BCUT2D eigenvalue weighted by atomic mass is 10.0. The monoisotopic (exact) mass is 196 g/mol. The van der Waals surface area contributed by atoms with E-state index >= 15 is 0 Å². The van der Waals surface area contributed by atoms with Crippen molar-refractivity contribution in [3.05, 3.63) is 12.7 Å². The van der Waals surface area contributed by atoms with E-state index < -0.39 is 5.91 Å². The molecule has 0 aromatic rings. The lowest BCUT2D eigenvalue weighted by Crippen LogP contribution is -2.30. The fourth-order valence-corrected chi connectivity index (χ4v) is 1.12. The van der Waals surface area contributed by atoms with Gasteiger partial charge in [-0.3, -0.25) is 9.79 Å². The minimum Gasteiger partial charge on any atom is -0.365 e. The van der Waals surface area contributed by atoms with Gasteiger partial charge in [-0.2, -0.15) is 0 Å². The molecule has 0 radical (unpaired) electrons. The van der Waals surface area contributed by atoms with Crippen LogP contribution in [0.5, 0.6) is 0 Å². The minimum absolute atomic E-state index is 0.00602. The Balaban J connectivity index is 4.79. The molecule has 0 aliphatic rings. The van der Waals surface area contributed by atoms with Crippen molar-refractivity contribution < 1.29 is 4.79 Å². The van der Waals surface area contributed by atoms with Gasteiger partial charge < -0.3 is 5.73 Å². The van der Waals surface area contributed by atoms with E-state index in [0.717, 1.165) is 12.8 Å². The Hall–Kier alpha value is -1.12. The summed E-state index contributed by atoms with van der Waals surface area (Å²) in [5.74, 6) is -0.291. The fourth-order valence-electron chi connectivity index (χ4n) is 1.12. The third kappa shape index (κ3) is 3.73. The van der Waals surface area contributed by atoms with E-state index in [2.05, 4.69) is 11.6 Å². The van der Waals surface area contributed by atoms with E-state index in [9.17, 15) is 4.79 Å². The number of rotatable bonds is 6. The van der Waals surface area contributed by atoms with Crippen LogP contribution >= 0.6 is 0 Å². The van der Waals surface area contributed by atoms with Gasteiger partial charge in [-0.05, 0) is 12.8 Å². The number of nitrogens with two attached hydrogens (primary N) is 1. The molecule has 2 atom stereocenters. The molecule has 0 aliphatic carbocycles. The summed E-state index contributed by atoms with van der Waals surface area (Å²) >= 11 is 0. The normalized spacial score (nSPS) is 16.1. The van der Waals surface area contributed by atoms with E-state index in [-0.39, 0.29) is 12.0 Å². The number of amides is 1. The summed E-state index contributed by atoms with van der Waals surface area (Å²) in [4.78, 5) is 15.4. The van der Waals surface area contributed by atoms with Crippen LogP contribution in [0.25, 0.3) is 0 Å². The van der Waals surface area contributed by atoms with Crippen molar-refractivity contribution in [2.75, 3.05) is 0 Å². The molecule has 0 aromatic heterocycles. The number of primary amides is 1. The Labute approximate surface area is 86.1 Å². The summed E-state index contributed by atoms with van der Waals surface area (Å²) in [5, 5.41) is 0. The number of carbonyl (C=O) groups excluding carboxylic acids is 1. The van der Waals surface area contributed by atoms with Gasteiger partial charge in [0.1, 0.15) is 5.71 Å². The van der Waals surface area contributed by atoms with Crippen LogP contribution in [0.1, 0.15) is 33.6 Å². The van der Waals surface area contributed by atoms with Gasteiger partial charge in [0.2, 0.25) is 0 Å². The van der Waals surface area contributed by atoms with Crippen molar-refractivity contribution in [3.63, 3.8) is 0 Å². The largest absolute Gasteiger partial charge is 0.365 e. The van der Waals surface area contributed by atoms with E-state index in [1.54, 1.807) is 6.08 Å². The van der Waals surface area contributed by atoms with Crippen molar-refractivity contribution in [2.24, 2.45) is 16.6 Å². The molecule has 2 N–H and O–H groups in total. The topological polar surface area (TPSA) is 55.4 Å². The average molecular weight is 196 g/mol. The predicted molar refractivity (Wildman–Crippen MR) is 60.4 cm³/mol. The summed E-state index contributed by atoms with van der Waals surface area (Å²) in [7, 11) is 0. The molecular weight excluding hydrogens is 176 g/mol. The third-order valence-corrected chi connectivity index (χ3v) is 2.33. The summed E-state index contributed by atoms with van der Waals surface area (Å²) in [6.07, 6.45) is 3.46. The first kappa shape index (κ1) is 12.9. The standard InChI is InChI=1S/C11H20N2O/c1-5-8(4)10(11(12)14)13-9(6-2)7-3/h6,8-9H,2,5,7H2,1,3-4H3,(H2,12,14). The fraction of sp³-hybridized carbons (Fsp3) is 0.636. The maximum absolute atomic E-state index is 11.1. The van der Waals surface area contributed by atoms with E-state index in [4.69, 9.17) is 5.73 Å². The summed E-state index contributed by atoms with van der Waals surface area (Å²) in [5.41, 5.74) is 5.75. The lowest BCUT2D eigenvalue weighted by molar-refractivity contribution is -0.112. The molecule has 2 unspecified atom stereocenters.